The molecular formula is C39H40N2O10S2. The highest BCUT2D eigenvalue weighted by molar-refractivity contribution is 8.76. The molecule has 12 nitrogen and oxygen atoms in total. The molecule has 7 bridgehead atoms. The van der Waals surface area contributed by atoms with Crippen LogP contribution in [0.15, 0.2) is 84.3 Å². The van der Waals surface area contributed by atoms with Crippen LogP contribution in [-0.2, 0) is 24.2 Å². The third kappa shape index (κ3) is 5.82. The number of Topliss-reactive ketones (excluding diaryl/α,β-unsaturated/α-hetero) is 2. The molecule has 1 aromatic heterocycles. The molecule has 5 aliphatic rings. The van der Waals surface area contributed by atoms with Crippen LogP contribution in [0.1, 0.15) is 50.2 Å². The van der Waals surface area contributed by atoms with Crippen LogP contribution >= 0.6 is 21.6 Å². The number of aliphatic hydroxyl groups is 6. The van der Waals surface area contributed by atoms with Crippen molar-refractivity contribution in [3.63, 3.8) is 0 Å². The van der Waals surface area contributed by atoms with E-state index in [9.17, 15) is 35.4 Å². The van der Waals surface area contributed by atoms with E-state index in [4.69, 9.17) is 9.47 Å². The highest BCUT2D eigenvalue weighted by atomic mass is 33.1. The van der Waals surface area contributed by atoms with E-state index in [0.717, 1.165) is 16.7 Å². The number of allylic oxidation sites excluding steroid dienone is 4. The van der Waals surface area contributed by atoms with E-state index in [1.807, 2.05) is 24.3 Å². The van der Waals surface area contributed by atoms with Crippen molar-refractivity contribution >= 4 is 39.0 Å². The number of nitrogens with one attached hydrogen (secondary N) is 1. The van der Waals surface area contributed by atoms with Gasteiger partial charge in [-0.2, -0.15) is 0 Å². The first-order valence-electron chi connectivity index (χ1n) is 17.5. The maximum absolute atomic E-state index is 15.0. The maximum Gasteiger partial charge on any atom is 0.229 e. The smallest absolute Gasteiger partial charge is 0.229 e. The first kappa shape index (κ1) is 36.3. The number of rotatable bonds is 4. The molecule has 1 saturated carbocycles. The molecule has 8 unspecified atom stereocenters. The SMILES string of the molecule is O=C1c2cccc3c2C(=O)C2(CSSCNc4cc(ccn4)CC4CCC5(CO)OC(O3)C(O)C4(O)C5O)C(O)=CC(Cc3cccc(CO)c3)=CC12. The zero-order valence-electron chi connectivity index (χ0n) is 28.6. The third-order valence-corrected chi connectivity index (χ3v) is 13.8. The minimum Gasteiger partial charge on any atom is -0.511 e. The monoisotopic (exact) mass is 760 g/mol. The van der Waals surface area contributed by atoms with Crippen LogP contribution in [0.25, 0.3) is 0 Å². The van der Waals surface area contributed by atoms with E-state index in [1.165, 1.54) is 39.8 Å². The number of hydrogen-bond acceptors (Lipinski definition) is 14. The number of fused-ring (bicyclic) bond motifs is 4. The molecule has 53 heavy (non-hydrogen) atoms. The summed E-state index contributed by atoms with van der Waals surface area (Å²) in [4.78, 5) is 34.0. The number of ether oxygens (including phenoxy) is 2. The summed E-state index contributed by atoms with van der Waals surface area (Å²) in [6, 6.07) is 15.5. The topological polar surface area (TPSA) is 199 Å². The van der Waals surface area contributed by atoms with Gasteiger partial charge in [-0.05, 0) is 78.1 Å². The van der Waals surface area contributed by atoms with Gasteiger partial charge in [-0.25, -0.2) is 4.98 Å². The minimum atomic E-state index is -2.19. The fourth-order valence-corrected chi connectivity index (χ4v) is 11.0. The van der Waals surface area contributed by atoms with Gasteiger partial charge in [-0.15, -0.1) is 0 Å². The molecule has 8 atom stereocenters. The fraction of sp³-hybridized carbons (Fsp3) is 0.410. The Labute approximate surface area is 313 Å². The van der Waals surface area contributed by atoms with E-state index >= 15 is 4.79 Å². The molecule has 8 rings (SSSR count). The van der Waals surface area contributed by atoms with Crippen LogP contribution in [0.3, 0.4) is 0 Å². The lowest BCUT2D eigenvalue weighted by Gasteiger charge is -2.59. The van der Waals surface area contributed by atoms with Crippen molar-refractivity contribution in [1.82, 2.24) is 4.98 Å². The predicted molar refractivity (Wildman–Crippen MR) is 197 cm³/mol. The van der Waals surface area contributed by atoms with E-state index in [-0.39, 0.29) is 47.8 Å². The summed E-state index contributed by atoms with van der Waals surface area (Å²) in [5.41, 5.74) is -2.60. The normalized spacial score (nSPS) is 33.7. The second kappa shape index (κ2) is 13.8. The number of anilines is 1. The van der Waals surface area contributed by atoms with Crippen LogP contribution < -0.4 is 10.1 Å². The van der Waals surface area contributed by atoms with Crippen LogP contribution in [-0.4, -0.2) is 95.1 Å². The first-order chi connectivity index (χ1) is 25.5. The fourth-order valence-electron chi connectivity index (χ4n) is 8.71. The Morgan fingerprint density at radius 1 is 1.02 bits per heavy atom. The van der Waals surface area contributed by atoms with Crippen molar-refractivity contribution in [3.05, 3.63) is 112 Å². The molecule has 0 amide bonds. The first-order valence-corrected chi connectivity index (χ1v) is 20.0. The molecule has 1 spiro atoms. The van der Waals surface area contributed by atoms with Gasteiger partial charge in [0.1, 0.15) is 46.2 Å². The molecule has 14 heteroatoms. The zero-order valence-corrected chi connectivity index (χ0v) is 30.2. The molecule has 2 aliphatic heterocycles. The molecule has 278 valence electrons. The highest BCUT2D eigenvalue weighted by Crippen LogP contribution is 2.54. The number of aromatic nitrogens is 1. The molecule has 2 aromatic carbocycles. The Morgan fingerprint density at radius 2 is 1.83 bits per heavy atom. The number of carbonyl (C=O) groups excluding carboxylic acids is 2. The molecular weight excluding hydrogens is 721 g/mol. The summed E-state index contributed by atoms with van der Waals surface area (Å²) in [6.07, 6.45) is 0.786. The molecule has 2 fully saturated rings. The number of carbonyl (C=O) groups is 2. The van der Waals surface area contributed by atoms with E-state index < -0.39 is 65.1 Å². The Hall–Kier alpha value is -3.73. The van der Waals surface area contributed by atoms with Gasteiger partial charge in [0.2, 0.25) is 6.29 Å². The average Bonchev–Trinajstić information content (AvgIpc) is 3.16. The van der Waals surface area contributed by atoms with E-state index in [2.05, 4.69) is 10.3 Å². The third-order valence-electron chi connectivity index (χ3n) is 11.6. The van der Waals surface area contributed by atoms with Crippen LogP contribution in [0, 0.1) is 17.3 Å². The van der Waals surface area contributed by atoms with E-state index in [0.29, 0.717) is 30.1 Å². The number of benzene rings is 2. The summed E-state index contributed by atoms with van der Waals surface area (Å²) in [7, 11) is 2.72. The number of nitrogens with zero attached hydrogens (tertiary/aromatic N) is 1. The number of hydrogen-bond donors (Lipinski definition) is 7. The largest absolute Gasteiger partial charge is 0.511 e. The van der Waals surface area contributed by atoms with Crippen LogP contribution in [0.2, 0.25) is 0 Å². The lowest BCUT2D eigenvalue weighted by Crippen LogP contribution is -2.78. The van der Waals surface area contributed by atoms with Gasteiger partial charge in [-0.3, -0.25) is 9.59 Å². The van der Waals surface area contributed by atoms with E-state index in [1.54, 1.807) is 30.5 Å². The minimum absolute atomic E-state index is 0.0196. The Bertz CT molecular complexity index is 2020. The Morgan fingerprint density at radius 3 is 2.64 bits per heavy atom. The summed E-state index contributed by atoms with van der Waals surface area (Å²) in [5.74, 6) is -2.16. The van der Waals surface area contributed by atoms with Crippen molar-refractivity contribution in [2.24, 2.45) is 17.3 Å². The second-order valence-corrected chi connectivity index (χ2v) is 17.0. The van der Waals surface area contributed by atoms with Crippen molar-refractivity contribution in [1.29, 1.82) is 0 Å². The van der Waals surface area contributed by atoms with Crippen LogP contribution in [0.4, 0.5) is 5.82 Å². The summed E-state index contributed by atoms with van der Waals surface area (Å²) < 4.78 is 12.4. The Kier molecular flexibility index (Phi) is 9.47. The van der Waals surface area contributed by atoms with Crippen LogP contribution in [0.5, 0.6) is 5.75 Å². The maximum atomic E-state index is 15.0. The molecule has 3 aliphatic carbocycles. The van der Waals surface area contributed by atoms with Gasteiger partial charge >= 0.3 is 0 Å². The number of aliphatic hydroxyl groups excluding tert-OH is 5. The lowest BCUT2D eigenvalue weighted by atomic mass is 9.60. The average molecular weight is 761 g/mol. The van der Waals surface area contributed by atoms with Gasteiger partial charge in [-0.1, -0.05) is 64.1 Å². The summed E-state index contributed by atoms with van der Waals surface area (Å²) in [5, 5.41) is 71.0. The van der Waals surface area contributed by atoms with Gasteiger partial charge < -0.3 is 45.4 Å². The van der Waals surface area contributed by atoms with Gasteiger partial charge in [0.05, 0.1) is 30.6 Å². The molecule has 3 aromatic rings. The van der Waals surface area contributed by atoms with Gasteiger partial charge in [0.15, 0.2) is 11.6 Å². The molecule has 7 N–H and O–H groups in total. The lowest BCUT2D eigenvalue weighted by molar-refractivity contribution is -0.376. The van der Waals surface area contributed by atoms with Gasteiger partial charge in [0.25, 0.3) is 0 Å². The summed E-state index contributed by atoms with van der Waals surface area (Å²) >= 11 is 0. The standard InChI is InChI=1S/C39H40N2O10S2/c42-17-23-4-1-3-21(11-23)12-24-14-27-32(45)26-5-2-6-28-31(26)33(46)38(27,29(44)15-24)19-52-53-20-41-30-16-22(8-10-40-30)13-25-7-9-37(18-43)36(48)39(25,49)34(47)35(50-28)51-37/h1-6,8,10-11,14-16,25,27,34-36,42-44,47-49H,7,9,12-13,17-20H2,(H,40,41). The second-order valence-electron chi connectivity index (χ2n) is 14.5. The van der Waals surface area contributed by atoms with Crippen molar-refractivity contribution in [3.8, 4) is 5.75 Å². The summed E-state index contributed by atoms with van der Waals surface area (Å²) in [6.45, 7) is -0.815. The number of pyridine rings is 1. The molecule has 1 saturated heterocycles. The van der Waals surface area contributed by atoms with Crippen molar-refractivity contribution < 1.29 is 49.7 Å². The quantitative estimate of drug-likeness (QED) is 0.191. The Balaban J connectivity index is 1.23. The van der Waals surface area contributed by atoms with Crippen molar-refractivity contribution in [2.45, 2.75) is 62.0 Å². The predicted octanol–water partition coefficient (Wildman–Crippen LogP) is 3.52. The van der Waals surface area contributed by atoms with Gasteiger partial charge in [0, 0.05) is 17.5 Å². The highest BCUT2D eigenvalue weighted by Gasteiger charge is 2.68. The number of ketones is 2. The zero-order chi connectivity index (χ0) is 37.1. The van der Waals surface area contributed by atoms with Crippen molar-refractivity contribution in [2.75, 3.05) is 23.6 Å². The molecule has 0 radical (unpaired) electrons. The molecule has 3 heterocycles.